The number of carbonyl (C=O) groups is 4. The Hall–Kier alpha value is -3.15. The van der Waals surface area contributed by atoms with Crippen molar-refractivity contribution in [3.8, 4) is 0 Å². The molecule has 0 aliphatic carbocycles. The fourth-order valence-electron chi connectivity index (χ4n) is 3.61. The third-order valence-corrected chi connectivity index (χ3v) is 6.00. The van der Waals surface area contributed by atoms with Crippen molar-refractivity contribution < 1.29 is 28.8 Å². The first kappa shape index (κ1) is 21.6. The largest absolute Gasteiger partial charge is 0.444 e. The van der Waals surface area contributed by atoms with Crippen LogP contribution < -0.4 is 5.32 Å². The van der Waals surface area contributed by atoms with Crippen LogP contribution in [0.1, 0.15) is 25.8 Å². The molecule has 1 N–H and O–H groups in total. The monoisotopic (exact) mass is 436 g/mol. The van der Waals surface area contributed by atoms with E-state index in [2.05, 4.69) is 5.32 Å². The number of benzene rings is 1. The van der Waals surface area contributed by atoms with Crippen molar-refractivity contribution in [2.24, 2.45) is 0 Å². The number of imide groups is 1. The number of nitrogens with one attached hydrogen (secondary N) is 1. The van der Waals surface area contributed by atoms with Gasteiger partial charge in [-0.1, -0.05) is 11.8 Å². The van der Waals surface area contributed by atoms with Gasteiger partial charge in [0.25, 0.3) is 5.69 Å². The van der Waals surface area contributed by atoms with Crippen LogP contribution >= 0.6 is 11.8 Å². The highest BCUT2D eigenvalue weighted by Crippen LogP contribution is 2.39. The predicted molar refractivity (Wildman–Crippen MR) is 105 cm³/mol. The number of hydrogen-bond donors (Lipinski definition) is 1. The zero-order valence-corrected chi connectivity index (χ0v) is 17.1. The Labute approximate surface area is 175 Å². The summed E-state index contributed by atoms with van der Waals surface area (Å²) in [6.45, 7) is 2.92. The van der Waals surface area contributed by atoms with Gasteiger partial charge in [-0.2, -0.15) is 0 Å². The molecule has 0 spiro atoms. The maximum Gasteiger partial charge on any atom is 0.412 e. The molecule has 4 amide bonds. The molecule has 3 rings (SSSR count). The number of urea groups is 1. The minimum Gasteiger partial charge on any atom is -0.444 e. The second-order valence-corrected chi connectivity index (χ2v) is 8.66. The molecule has 2 aliphatic heterocycles. The molecule has 11 nitrogen and oxygen atoms in total. The standard InChI is InChI=1S/C18H20N4O7S/c1-11(23)30-14-7-18(2,20-9-15(24)19-16(20)25)21(8-14)17(26)29-10-12-3-5-13(6-4-12)22(27)28/h3-6,14H,7-10H2,1-2H3,(H,19,24,25)/t14-,18-/m0/s1. The number of hydrogen-bond acceptors (Lipinski definition) is 8. The van der Waals surface area contributed by atoms with E-state index in [1.54, 1.807) is 6.92 Å². The number of non-ortho nitro benzene ring substituents is 1. The SMILES string of the molecule is CC(=O)S[C@@H]1CN(C(=O)OCc2ccc([N+](=O)[O-])cc2)[C@](C)(N2CC(=O)NC2=O)C1. The molecule has 12 heteroatoms. The lowest BCUT2D eigenvalue weighted by atomic mass is 10.1. The van der Waals surface area contributed by atoms with Gasteiger partial charge < -0.3 is 4.74 Å². The van der Waals surface area contributed by atoms with Crippen LogP contribution in [0.25, 0.3) is 0 Å². The number of nitro benzene ring substituents is 1. The van der Waals surface area contributed by atoms with E-state index in [1.165, 1.54) is 41.0 Å². The van der Waals surface area contributed by atoms with E-state index in [-0.39, 0.29) is 35.7 Å². The van der Waals surface area contributed by atoms with E-state index in [9.17, 15) is 29.3 Å². The van der Waals surface area contributed by atoms with Crippen LogP contribution in [0, 0.1) is 10.1 Å². The summed E-state index contributed by atoms with van der Waals surface area (Å²) in [5.41, 5.74) is -0.666. The van der Waals surface area contributed by atoms with Gasteiger partial charge in [0.2, 0.25) is 5.91 Å². The van der Waals surface area contributed by atoms with Crippen molar-refractivity contribution in [3.05, 3.63) is 39.9 Å². The first-order valence-electron chi connectivity index (χ1n) is 9.06. The number of nitro groups is 1. The van der Waals surface area contributed by atoms with Gasteiger partial charge in [-0.3, -0.25) is 34.8 Å². The average molecular weight is 436 g/mol. The smallest absolute Gasteiger partial charge is 0.412 e. The number of rotatable bonds is 5. The highest BCUT2D eigenvalue weighted by molar-refractivity contribution is 8.14. The lowest BCUT2D eigenvalue weighted by molar-refractivity contribution is -0.384. The Kier molecular flexibility index (Phi) is 5.97. The molecule has 0 saturated carbocycles. The molecule has 1 aromatic rings. The number of carbonyl (C=O) groups excluding carboxylic acids is 4. The van der Waals surface area contributed by atoms with Gasteiger partial charge in [0.15, 0.2) is 5.12 Å². The minimum atomic E-state index is -1.14. The molecule has 160 valence electrons. The second kappa shape index (κ2) is 8.30. The quantitative estimate of drug-likeness (QED) is 0.419. The number of amides is 4. The Bertz CT molecular complexity index is 906. The molecule has 2 aliphatic rings. The number of thioether (sulfide) groups is 1. The summed E-state index contributed by atoms with van der Waals surface area (Å²) in [4.78, 5) is 61.1. The van der Waals surface area contributed by atoms with Crippen LogP contribution in [-0.2, 0) is 20.9 Å². The Morgan fingerprint density at radius 2 is 2.00 bits per heavy atom. The molecule has 2 fully saturated rings. The minimum absolute atomic E-state index is 0.0778. The third-order valence-electron chi connectivity index (χ3n) is 5.02. The van der Waals surface area contributed by atoms with Crippen molar-refractivity contribution in [1.29, 1.82) is 0 Å². The summed E-state index contributed by atoms with van der Waals surface area (Å²) in [6.07, 6.45) is -0.417. The fourth-order valence-corrected chi connectivity index (χ4v) is 4.71. The van der Waals surface area contributed by atoms with Crippen LogP contribution in [0.2, 0.25) is 0 Å². The van der Waals surface area contributed by atoms with Crippen molar-refractivity contribution >= 4 is 40.6 Å². The molecule has 1 aromatic carbocycles. The molecule has 0 unspecified atom stereocenters. The first-order valence-corrected chi connectivity index (χ1v) is 9.94. The van der Waals surface area contributed by atoms with Gasteiger partial charge in [0.05, 0.1) is 4.92 Å². The molecule has 2 atom stereocenters. The number of likely N-dealkylation sites (tertiary alicyclic amines) is 1. The van der Waals surface area contributed by atoms with Gasteiger partial charge >= 0.3 is 12.1 Å². The van der Waals surface area contributed by atoms with E-state index in [0.29, 0.717) is 12.0 Å². The van der Waals surface area contributed by atoms with Gasteiger partial charge in [-0.05, 0) is 24.6 Å². The Balaban J connectivity index is 1.75. The number of nitrogens with zero attached hydrogens (tertiary/aromatic N) is 3. The maximum atomic E-state index is 12.8. The zero-order chi connectivity index (χ0) is 22.1. The summed E-state index contributed by atoms with van der Waals surface area (Å²) < 4.78 is 5.36. The van der Waals surface area contributed by atoms with Gasteiger partial charge in [-0.15, -0.1) is 0 Å². The predicted octanol–water partition coefficient (Wildman–Crippen LogP) is 1.85. The molecular weight excluding hydrogens is 416 g/mol. The van der Waals surface area contributed by atoms with E-state index in [4.69, 9.17) is 4.74 Å². The van der Waals surface area contributed by atoms with Crippen molar-refractivity contribution in [1.82, 2.24) is 15.1 Å². The number of ether oxygens (including phenoxy) is 1. The van der Waals surface area contributed by atoms with E-state index in [0.717, 1.165) is 11.8 Å². The molecule has 0 radical (unpaired) electrons. The highest BCUT2D eigenvalue weighted by atomic mass is 32.2. The summed E-state index contributed by atoms with van der Waals surface area (Å²) in [6, 6.07) is 4.97. The molecule has 0 bridgehead atoms. The van der Waals surface area contributed by atoms with Crippen LogP contribution in [0.15, 0.2) is 24.3 Å². The van der Waals surface area contributed by atoms with E-state index >= 15 is 0 Å². The summed E-state index contributed by atoms with van der Waals surface area (Å²) in [5, 5.41) is 12.5. The molecule has 2 saturated heterocycles. The molecule has 2 heterocycles. The van der Waals surface area contributed by atoms with Crippen LogP contribution in [0.3, 0.4) is 0 Å². The van der Waals surface area contributed by atoms with E-state index < -0.39 is 28.6 Å². The second-order valence-electron chi connectivity index (χ2n) is 7.18. The fraction of sp³-hybridized carbons (Fsp3) is 0.444. The lowest BCUT2D eigenvalue weighted by Gasteiger charge is -2.40. The summed E-state index contributed by atoms with van der Waals surface area (Å²) >= 11 is 1.07. The Morgan fingerprint density at radius 3 is 2.53 bits per heavy atom. The topological polar surface area (TPSA) is 139 Å². The molecule has 30 heavy (non-hydrogen) atoms. The van der Waals surface area contributed by atoms with Gasteiger partial charge in [0.1, 0.15) is 18.8 Å². The van der Waals surface area contributed by atoms with Crippen LogP contribution in [0.4, 0.5) is 15.3 Å². The lowest BCUT2D eigenvalue weighted by Crippen LogP contribution is -2.58. The molecule has 0 aromatic heterocycles. The van der Waals surface area contributed by atoms with Crippen LogP contribution in [-0.4, -0.2) is 61.9 Å². The first-order chi connectivity index (χ1) is 14.1. The van der Waals surface area contributed by atoms with E-state index in [1.807, 2.05) is 0 Å². The Morgan fingerprint density at radius 1 is 1.33 bits per heavy atom. The third kappa shape index (κ3) is 4.37. The van der Waals surface area contributed by atoms with Gasteiger partial charge in [-0.25, -0.2) is 9.59 Å². The normalized spacial score (nSPS) is 23.5. The summed E-state index contributed by atoms with van der Waals surface area (Å²) in [5.74, 6) is -0.469. The van der Waals surface area contributed by atoms with Gasteiger partial charge in [0, 0.05) is 37.3 Å². The van der Waals surface area contributed by atoms with Crippen molar-refractivity contribution in [2.45, 2.75) is 37.8 Å². The van der Waals surface area contributed by atoms with Crippen LogP contribution in [0.5, 0.6) is 0 Å². The van der Waals surface area contributed by atoms with Crippen molar-refractivity contribution in [2.75, 3.05) is 13.1 Å². The highest BCUT2D eigenvalue weighted by Gasteiger charge is 2.53. The van der Waals surface area contributed by atoms with Crippen molar-refractivity contribution in [3.63, 3.8) is 0 Å². The maximum absolute atomic E-state index is 12.8. The summed E-state index contributed by atoms with van der Waals surface area (Å²) in [7, 11) is 0. The average Bonchev–Trinajstić information content (AvgIpc) is 3.19. The zero-order valence-electron chi connectivity index (χ0n) is 16.3. The molecular formula is C18H20N4O7S.